The van der Waals surface area contributed by atoms with Crippen molar-refractivity contribution in [3.63, 3.8) is 0 Å². The first-order chi connectivity index (χ1) is 8.31. The van der Waals surface area contributed by atoms with Crippen LogP contribution in [0.4, 0.5) is 0 Å². The second-order valence-electron chi connectivity index (χ2n) is 4.92. The molecule has 4 heteroatoms. The average Bonchev–Trinajstić information content (AvgIpc) is 2.36. The van der Waals surface area contributed by atoms with Crippen LogP contribution in [0.5, 0.6) is 0 Å². The van der Waals surface area contributed by atoms with E-state index in [-0.39, 0.29) is 0 Å². The third kappa shape index (κ3) is 5.34. The molecule has 0 bridgehead atoms. The summed E-state index contributed by atoms with van der Waals surface area (Å²) >= 11 is 0. The van der Waals surface area contributed by atoms with Crippen molar-refractivity contribution in [2.24, 2.45) is 5.73 Å². The molecule has 0 radical (unpaired) electrons. The maximum absolute atomic E-state index is 5.60. The van der Waals surface area contributed by atoms with E-state index in [2.05, 4.69) is 16.7 Å². The SMILES string of the molecule is CCCN1CCN(C(CCCN)COC)CC1. The molecule has 1 aliphatic heterocycles. The molecule has 17 heavy (non-hydrogen) atoms. The van der Waals surface area contributed by atoms with E-state index in [4.69, 9.17) is 10.5 Å². The first-order valence-electron chi connectivity index (χ1n) is 6.97. The van der Waals surface area contributed by atoms with Gasteiger partial charge in [0.2, 0.25) is 0 Å². The summed E-state index contributed by atoms with van der Waals surface area (Å²) in [6, 6.07) is 0.562. The smallest absolute Gasteiger partial charge is 0.0618 e. The minimum atomic E-state index is 0.562. The van der Waals surface area contributed by atoms with Crippen LogP contribution in [-0.4, -0.2) is 68.8 Å². The van der Waals surface area contributed by atoms with Gasteiger partial charge >= 0.3 is 0 Å². The summed E-state index contributed by atoms with van der Waals surface area (Å²) in [7, 11) is 1.79. The van der Waals surface area contributed by atoms with Crippen molar-refractivity contribution in [2.75, 3.05) is 53.0 Å². The summed E-state index contributed by atoms with van der Waals surface area (Å²) in [6.07, 6.45) is 3.52. The number of ether oxygens (including phenoxy) is 1. The van der Waals surface area contributed by atoms with Crippen molar-refractivity contribution in [1.29, 1.82) is 0 Å². The summed E-state index contributed by atoms with van der Waals surface area (Å²) in [5.41, 5.74) is 5.60. The van der Waals surface area contributed by atoms with Gasteiger partial charge in [-0.15, -0.1) is 0 Å². The van der Waals surface area contributed by atoms with Crippen LogP contribution in [0.25, 0.3) is 0 Å². The Morgan fingerprint density at radius 3 is 2.47 bits per heavy atom. The molecule has 1 saturated heterocycles. The van der Waals surface area contributed by atoms with Crippen molar-refractivity contribution < 1.29 is 4.74 Å². The van der Waals surface area contributed by atoms with E-state index >= 15 is 0 Å². The lowest BCUT2D eigenvalue weighted by Crippen LogP contribution is -2.51. The summed E-state index contributed by atoms with van der Waals surface area (Å²) in [6.45, 7) is 9.89. The maximum Gasteiger partial charge on any atom is 0.0618 e. The van der Waals surface area contributed by atoms with Crippen LogP contribution in [0.1, 0.15) is 26.2 Å². The minimum Gasteiger partial charge on any atom is -0.383 e. The van der Waals surface area contributed by atoms with Crippen molar-refractivity contribution in [2.45, 2.75) is 32.2 Å². The molecule has 102 valence electrons. The standard InChI is InChI=1S/C13H29N3O/c1-3-7-15-8-10-16(11-9-15)13(12-17-2)5-4-6-14/h13H,3-12,14H2,1-2H3. The monoisotopic (exact) mass is 243 g/mol. The molecule has 0 aliphatic carbocycles. The molecule has 0 spiro atoms. The van der Waals surface area contributed by atoms with Crippen molar-refractivity contribution in [1.82, 2.24) is 9.80 Å². The number of hydrogen-bond acceptors (Lipinski definition) is 4. The van der Waals surface area contributed by atoms with Gasteiger partial charge in [0.05, 0.1) is 6.61 Å². The highest BCUT2D eigenvalue weighted by atomic mass is 16.5. The average molecular weight is 243 g/mol. The lowest BCUT2D eigenvalue weighted by Gasteiger charge is -2.39. The first-order valence-corrected chi connectivity index (χ1v) is 6.97. The van der Waals surface area contributed by atoms with E-state index < -0.39 is 0 Å². The molecule has 4 nitrogen and oxygen atoms in total. The Hall–Kier alpha value is -0.160. The normalized spacial score (nSPS) is 20.6. The van der Waals surface area contributed by atoms with Gasteiger partial charge < -0.3 is 15.4 Å². The van der Waals surface area contributed by atoms with Gasteiger partial charge in [0, 0.05) is 39.3 Å². The van der Waals surface area contributed by atoms with Gasteiger partial charge in [-0.3, -0.25) is 4.90 Å². The fourth-order valence-corrected chi connectivity index (χ4v) is 2.59. The van der Waals surface area contributed by atoms with Crippen LogP contribution in [-0.2, 0) is 4.74 Å². The minimum absolute atomic E-state index is 0.562. The van der Waals surface area contributed by atoms with Crippen LogP contribution >= 0.6 is 0 Å². The quantitative estimate of drug-likeness (QED) is 0.684. The molecule has 0 saturated carbocycles. The van der Waals surface area contributed by atoms with Gasteiger partial charge in [-0.2, -0.15) is 0 Å². The molecule has 2 N–H and O–H groups in total. The Bertz CT molecular complexity index is 182. The van der Waals surface area contributed by atoms with Gasteiger partial charge in [0.15, 0.2) is 0 Å². The zero-order valence-corrected chi connectivity index (χ0v) is 11.5. The zero-order valence-electron chi connectivity index (χ0n) is 11.5. The number of methoxy groups -OCH3 is 1. The van der Waals surface area contributed by atoms with E-state index in [9.17, 15) is 0 Å². The molecular weight excluding hydrogens is 214 g/mol. The lowest BCUT2D eigenvalue weighted by molar-refractivity contribution is 0.0453. The van der Waals surface area contributed by atoms with Crippen molar-refractivity contribution in [3.8, 4) is 0 Å². The predicted octanol–water partition coefficient (Wildman–Crippen LogP) is 0.768. The van der Waals surface area contributed by atoms with E-state index in [1.807, 2.05) is 0 Å². The van der Waals surface area contributed by atoms with Crippen molar-refractivity contribution >= 4 is 0 Å². The van der Waals surface area contributed by atoms with Crippen LogP contribution in [0.15, 0.2) is 0 Å². The fraction of sp³-hybridized carbons (Fsp3) is 1.00. The highest BCUT2D eigenvalue weighted by Crippen LogP contribution is 2.11. The lowest BCUT2D eigenvalue weighted by atomic mass is 10.1. The largest absolute Gasteiger partial charge is 0.383 e. The fourth-order valence-electron chi connectivity index (χ4n) is 2.59. The van der Waals surface area contributed by atoms with Gasteiger partial charge in [0.25, 0.3) is 0 Å². The van der Waals surface area contributed by atoms with Gasteiger partial charge in [0.1, 0.15) is 0 Å². The maximum atomic E-state index is 5.60. The molecule has 0 aromatic rings. The molecule has 1 aliphatic rings. The third-order valence-electron chi connectivity index (χ3n) is 3.56. The summed E-state index contributed by atoms with van der Waals surface area (Å²) in [4.78, 5) is 5.13. The molecule has 1 atom stereocenters. The second-order valence-corrected chi connectivity index (χ2v) is 4.92. The number of nitrogens with two attached hydrogens (primary N) is 1. The van der Waals surface area contributed by atoms with Crippen LogP contribution < -0.4 is 5.73 Å². The Morgan fingerprint density at radius 2 is 1.94 bits per heavy atom. The van der Waals surface area contributed by atoms with Crippen LogP contribution in [0.3, 0.4) is 0 Å². The van der Waals surface area contributed by atoms with Gasteiger partial charge in [-0.1, -0.05) is 6.92 Å². The molecule has 0 amide bonds. The Morgan fingerprint density at radius 1 is 1.24 bits per heavy atom. The third-order valence-corrected chi connectivity index (χ3v) is 3.56. The molecule has 1 unspecified atom stereocenters. The Kier molecular flexibility index (Phi) is 7.77. The molecule has 1 fully saturated rings. The number of rotatable bonds is 8. The second kappa shape index (κ2) is 8.86. The Labute approximate surface area is 106 Å². The number of hydrogen-bond donors (Lipinski definition) is 1. The number of piperazine rings is 1. The predicted molar refractivity (Wildman–Crippen MR) is 72.3 cm³/mol. The van der Waals surface area contributed by atoms with E-state index in [1.54, 1.807) is 7.11 Å². The molecule has 1 heterocycles. The molecule has 0 aromatic carbocycles. The van der Waals surface area contributed by atoms with Crippen LogP contribution in [0, 0.1) is 0 Å². The van der Waals surface area contributed by atoms with E-state index in [0.29, 0.717) is 6.04 Å². The van der Waals surface area contributed by atoms with E-state index in [1.165, 1.54) is 39.1 Å². The molecular formula is C13H29N3O. The van der Waals surface area contributed by atoms with Gasteiger partial charge in [-0.25, -0.2) is 0 Å². The summed E-state index contributed by atoms with van der Waals surface area (Å²) < 4.78 is 5.33. The van der Waals surface area contributed by atoms with Crippen LogP contribution in [0.2, 0.25) is 0 Å². The molecule has 1 rings (SSSR count). The number of nitrogens with zero attached hydrogens (tertiary/aromatic N) is 2. The van der Waals surface area contributed by atoms with E-state index in [0.717, 1.165) is 26.0 Å². The van der Waals surface area contributed by atoms with Gasteiger partial charge in [-0.05, 0) is 32.4 Å². The summed E-state index contributed by atoms with van der Waals surface area (Å²) in [5.74, 6) is 0. The summed E-state index contributed by atoms with van der Waals surface area (Å²) in [5, 5.41) is 0. The first kappa shape index (κ1) is 14.9. The Balaban J connectivity index is 2.31. The highest BCUT2D eigenvalue weighted by Gasteiger charge is 2.22. The van der Waals surface area contributed by atoms with Crippen molar-refractivity contribution in [3.05, 3.63) is 0 Å². The molecule has 0 aromatic heterocycles. The highest BCUT2D eigenvalue weighted by molar-refractivity contribution is 4.78. The zero-order chi connectivity index (χ0) is 12.5. The topological polar surface area (TPSA) is 41.7 Å².